The molecule has 1 atom stereocenters. The van der Waals surface area contributed by atoms with Gasteiger partial charge in [0.25, 0.3) is 11.5 Å². The van der Waals surface area contributed by atoms with Crippen molar-refractivity contribution < 1.29 is 4.79 Å². The molecule has 1 heterocycles. The lowest BCUT2D eigenvalue weighted by molar-refractivity contribution is 0.0941. The van der Waals surface area contributed by atoms with Gasteiger partial charge in [-0.3, -0.25) is 14.3 Å². The van der Waals surface area contributed by atoms with Gasteiger partial charge in [-0.15, -0.1) is 0 Å². The summed E-state index contributed by atoms with van der Waals surface area (Å²) >= 11 is 18.4. The molecule has 0 aliphatic carbocycles. The zero-order valence-electron chi connectivity index (χ0n) is 16.6. The van der Waals surface area contributed by atoms with E-state index in [-0.39, 0.29) is 11.2 Å². The minimum absolute atomic E-state index is 0.224. The van der Waals surface area contributed by atoms with E-state index < -0.39 is 15.9 Å². The molecule has 9 heteroatoms. The van der Waals surface area contributed by atoms with E-state index in [2.05, 4.69) is 10.6 Å². The summed E-state index contributed by atoms with van der Waals surface area (Å²) in [4.78, 5) is 25.8. The molecule has 2 aromatic carbocycles. The number of amides is 1. The Kier molecular flexibility index (Phi) is 6.50. The van der Waals surface area contributed by atoms with Crippen molar-refractivity contribution in [2.45, 2.75) is 23.8 Å². The number of halogens is 3. The lowest BCUT2D eigenvalue weighted by Crippen LogP contribution is -2.49. The standard InChI is InChI=1S/C21H21Cl3N4O2/c1-13-8-7-9-15(12-13)18(29)26-20(21(22,23)24)25-17-14(2)27(3)28(19(17)30)16-10-5-4-6-11-16/h4-12,20,25H,1-3H3,(H,26,29)/t20-/m1/s1. The van der Waals surface area contributed by atoms with E-state index in [4.69, 9.17) is 34.8 Å². The van der Waals surface area contributed by atoms with Crippen LogP contribution in [-0.2, 0) is 7.05 Å². The predicted octanol–water partition coefficient (Wildman–Crippen LogP) is 4.33. The number of nitrogens with zero attached hydrogens (tertiary/aromatic N) is 2. The summed E-state index contributed by atoms with van der Waals surface area (Å²) in [6.07, 6.45) is -1.14. The van der Waals surface area contributed by atoms with Gasteiger partial charge >= 0.3 is 0 Å². The molecule has 30 heavy (non-hydrogen) atoms. The Labute approximate surface area is 189 Å². The molecular formula is C21H21Cl3N4O2. The highest BCUT2D eigenvalue weighted by Gasteiger charge is 2.36. The zero-order valence-corrected chi connectivity index (χ0v) is 18.9. The molecule has 3 rings (SSSR count). The first kappa shape index (κ1) is 22.3. The molecule has 0 unspecified atom stereocenters. The first-order valence-electron chi connectivity index (χ1n) is 9.14. The number of benzene rings is 2. The molecule has 0 aliphatic heterocycles. The SMILES string of the molecule is Cc1cccc(C(=O)N[C@@H](Nc2c(C)n(C)n(-c3ccccc3)c2=O)C(Cl)(Cl)Cl)c1. The molecule has 0 saturated heterocycles. The van der Waals surface area contributed by atoms with E-state index in [0.29, 0.717) is 16.9 Å². The first-order chi connectivity index (χ1) is 14.1. The Morgan fingerprint density at radius 1 is 1.03 bits per heavy atom. The molecule has 0 spiro atoms. The van der Waals surface area contributed by atoms with Crippen molar-refractivity contribution in [3.05, 3.63) is 81.8 Å². The fourth-order valence-corrected chi connectivity index (χ4v) is 3.41. The second kappa shape index (κ2) is 8.76. The Morgan fingerprint density at radius 2 is 1.70 bits per heavy atom. The van der Waals surface area contributed by atoms with Gasteiger partial charge in [0, 0.05) is 12.6 Å². The quantitative estimate of drug-likeness (QED) is 0.433. The smallest absolute Gasteiger partial charge is 0.295 e. The van der Waals surface area contributed by atoms with Crippen LogP contribution in [-0.4, -0.2) is 25.2 Å². The fourth-order valence-electron chi connectivity index (χ4n) is 3.08. The van der Waals surface area contributed by atoms with Gasteiger partial charge in [0.15, 0.2) is 0 Å². The normalized spacial score (nSPS) is 12.5. The molecule has 1 amide bonds. The maximum absolute atomic E-state index is 13.1. The average molecular weight is 468 g/mol. The van der Waals surface area contributed by atoms with E-state index in [9.17, 15) is 9.59 Å². The third kappa shape index (κ3) is 4.67. The van der Waals surface area contributed by atoms with Gasteiger partial charge in [0.1, 0.15) is 11.9 Å². The van der Waals surface area contributed by atoms with Crippen molar-refractivity contribution in [1.82, 2.24) is 14.7 Å². The maximum Gasteiger partial charge on any atom is 0.295 e. The molecule has 158 valence electrons. The summed E-state index contributed by atoms with van der Waals surface area (Å²) in [6.45, 7) is 3.64. The highest BCUT2D eigenvalue weighted by molar-refractivity contribution is 6.68. The first-order valence-corrected chi connectivity index (χ1v) is 10.3. The van der Waals surface area contributed by atoms with Crippen LogP contribution >= 0.6 is 34.8 Å². The third-order valence-electron chi connectivity index (χ3n) is 4.73. The maximum atomic E-state index is 13.1. The number of hydrogen-bond donors (Lipinski definition) is 2. The lowest BCUT2D eigenvalue weighted by Gasteiger charge is -2.27. The zero-order chi connectivity index (χ0) is 22.1. The van der Waals surface area contributed by atoms with Crippen molar-refractivity contribution >= 4 is 46.4 Å². The molecular weight excluding hydrogens is 447 g/mol. The number of alkyl halides is 3. The van der Waals surface area contributed by atoms with E-state index in [1.54, 1.807) is 36.9 Å². The van der Waals surface area contributed by atoms with Gasteiger partial charge < -0.3 is 10.6 Å². The van der Waals surface area contributed by atoms with E-state index in [1.165, 1.54) is 4.68 Å². The van der Waals surface area contributed by atoms with Crippen molar-refractivity contribution in [2.75, 3.05) is 5.32 Å². The van der Waals surface area contributed by atoms with Crippen LogP contribution in [0.4, 0.5) is 5.69 Å². The van der Waals surface area contributed by atoms with Crippen LogP contribution in [0.15, 0.2) is 59.4 Å². The summed E-state index contributed by atoms with van der Waals surface area (Å²) in [5.41, 5.74) is 2.55. The van der Waals surface area contributed by atoms with E-state index in [1.807, 2.05) is 43.3 Å². The molecule has 6 nitrogen and oxygen atoms in total. The van der Waals surface area contributed by atoms with Gasteiger partial charge in [-0.1, -0.05) is 70.7 Å². The van der Waals surface area contributed by atoms with Crippen LogP contribution in [0.3, 0.4) is 0 Å². The molecule has 1 aromatic heterocycles. The van der Waals surface area contributed by atoms with Crippen molar-refractivity contribution in [1.29, 1.82) is 0 Å². The molecule has 0 radical (unpaired) electrons. The average Bonchev–Trinajstić information content (AvgIpc) is 2.90. The van der Waals surface area contributed by atoms with Gasteiger partial charge in [0.2, 0.25) is 3.79 Å². The Bertz CT molecular complexity index is 1120. The topological polar surface area (TPSA) is 68.1 Å². The Morgan fingerprint density at radius 3 is 2.30 bits per heavy atom. The summed E-state index contributed by atoms with van der Waals surface area (Å²) in [5, 5.41) is 5.59. The highest BCUT2D eigenvalue weighted by atomic mass is 35.6. The molecule has 0 fully saturated rings. The number of aryl methyl sites for hydroxylation is 1. The number of rotatable bonds is 5. The minimum atomic E-state index is -1.91. The Balaban J connectivity index is 1.95. The van der Waals surface area contributed by atoms with Crippen LogP contribution < -0.4 is 16.2 Å². The number of aromatic nitrogens is 2. The highest BCUT2D eigenvalue weighted by Crippen LogP contribution is 2.31. The number of anilines is 1. The van der Waals surface area contributed by atoms with Gasteiger partial charge in [-0.25, -0.2) is 4.68 Å². The summed E-state index contributed by atoms with van der Waals surface area (Å²) in [7, 11) is 1.75. The second-order valence-electron chi connectivity index (χ2n) is 6.90. The molecule has 0 bridgehead atoms. The number of carbonyl (C=O) groups excluding carboxylic acids is 1. The van der Waals surface area contributed by atoms with Crippen molar-refractivity contribution in [3.8, 4) is 5.69 Å². The van der Waals surface area contributed by atoms with Gasteiger partial charge in [0.05, 0.1) is 11.4 Å². The van der Waals surface area contributed by atoms with Crippen LogP contribution in [0.25, 0.3) is 5.69 Å². The number of nitrogens with one attached hydrogen (secondary N) is 2. The number of hydrogen-bond acceptors (Lipinski definition) is 3. The monoisotopic (exact) mass is 466 g/mol. The molecule has 0 saturated carbocycles. The summed E-state index contributed by atoms with van der Waals surface area (Å²) in [5.74, 6) is -0.431. The second-order valence-corrected chi connectivity index (χ2v) is 9.27. The number of carbonyl (C=O) groups is 1. The third-order valence-corrected chi connectivity index (χ3v) is 5.38. The molecule has 2 N–H and O–H groups in total. The molecule has 0 aliphatic rings. The van der Waals surface area contributed by atoms with Crippen LogP contribution in [0.1, 0.15) is 21.6 Å². The largest absolute Gasteiger partial charge is 0.356 e. The molecule has 3 aromatic rings. The summed E-state index contributed by atoms with van der Waals surface area (Å²) < 4.78 is 1.28. The number of para-hydroxylation sites is 1. The fraction of sp³-hybridized carbons (Fsp3) is 0.238. The van der Waals surface area contributed by atoms with Gasteiger partial charge in [-0.2, -0.15) is 0 Å². The predicted molar refractivity (Wildman–Crippen MR) is 122 cm³/mol. The minimum Gasteiger partial charge on any atom is -0.356 e. The van der Waals surface area contributed by atoms with Gasteiger partial charge in [-0.05, 0) is 38.1 Å². The Hall–Kier alpha value is -2.41. The van der Waals surface area contributed by atoms with Crippen LogP contribution in [0.2, 0.25) is 0 Å². The van der Waals surface area contributed by atoms with Crippen LogP contribution in [0.5, 0.6) is 0 Å². The lowest BCUT2D eigenvalue weighted by atomic mass is 10.1. The van der Waals surface area contributed by atoms with E-state index in [0.717, 1.165) is 5.56 Å². The van der Waals surface area contributed by atoms with Crippen molar-refractivity contribution in [3.63, 3.8) is 0 Å². The summed E-state index contributed by atoms with van der Waals surface area (Å²) in [6, 6.07) is 16.2. The van der Waals surface area contributed by atoms with Crippen LogP contribution in [0, 0.1) is 13.8 Å². The van der Waals surface area contributed by atoms with E-state index >= 15 is 0 Å². The van der Waals surface area contributed by atoms with Crippen molar-refractivity contribution in [2.24, 2.45) is 7.05 Å².